The third-order valence-corrected chi connectivity index (χ3v) is 3.04. The molecule has 0 saturated heterocycles. The first-order chi connectivity index (χ1) is 10.1. The van der Waals surface area contributed by atoms with Gasteiger partial charge in [-0.05, 0) is 43.7 Å². The quantitative estimate of drug-likeness (QED) is 0.916. The van der Waals surface area contributed by atoms with Gasteiger partial charge in [-0.3, -0.25) is 0 Å². The van der Waals surface area contributed by atoms with E-state index in [0.29, 0.717) is 19.6 Å². The number of hydrogen-bond donors (Lipinski definition) is 1. The summed E-state index contributed by atoms with van der Waals surface area (Å²) >= 11 is 0. The van der Waals surface area contributed by atoms with Crippen molar-refractivity contribution in [2.75, 3.05) is 6.54 Å². The van der Waals surface area contributed by atoms with Crippen molar-refractivity contribution >= 4 is 6.03 Å². The first-order valence-electron chi connectivity index (χ1n) is 6.91. The van der Waals surface area contributed by atoms with Gasteiger partial charge in [0.25, 0.3) is 0 Å². The van der Waals surface area contributed by atoms with Crippen molar-refractivity contribution in [1.29, 1.82) is 0 Å². The van der Waals surface area contributed by atoms with Gasteiger partial charge in [-0.1, -0.05) is 12.1 Å². The zero-order valence-electron chi connectivity index (χ0n) is 12.2. The first kappa shape index (κ1) is 15.1. The molecule has 4 nitrogen and oxygen atoms in total. The second kappa shape index (κ2) is 6.92. The minimum absolute atomic E-state index is 0.170. The smallest absolute Gasteiger partial charge is 0.318 e. The molecule has 1 heterocycles. The van der Waals surface area contributed by atoms with Crippen LogP contribution >= 0.6 is 0 Å². The lowest BCUT2D eigenvalue weighted by atomic mass is 10.2. The molecule has 0 saturated carbocycles. The van der Waals surface area contributed by atoms with Gasteiger partial charge in [0, 0.05) is 13.1 Å². The van der Waals surface area contributed by atoms with Gasteiger partial charge in [0.1, 0.15) is 17.3 Å². The molecule has 2 aromatic rings. The minimum atomic E-state index is -0.287. The number of furan rings is 1. The van der Waals surface area contributed by atoms with Gasteiger partial charge >= 0.3 is 6.03 Å². The van der Waals surface area contributed by atoms with E-state index in [1.807, 2.05) is 26.0 Å². The van der Waals surface area contributed by atoms with E-state index >= 15 is 0 Å². The maximum Gasteiger partial charge on any atom is 0.318 e. The summed E-state index contributed by atoms with van der Waals surface area (Å²) in [7, 11) is 0. The number of aryl methyl sites for hydroxylation is 1. The van der Waals surface area contributed by atoms with Crippen molar-refractivity contribution in [2.24, 2.45) is 0 Å². The SMILES string of the molecule is CCNC(=O)N(Cc1ccc(F)cc1)Cc1ccc(C)o1. The molecule has 0 aliphatic carbocycles. The van der Waals surface area contributed by atoms with Crippen LogP contribution in [0.3, 0.4) is 0 Å². The molecule has 0 spiro atoms. The van der Waals surface area contributed by atoms with Gasteiger partial charge in [-0.25, -0.2) is 9.18 Å². The number of urea groups is 1. The first-order valence-corrected chi connectivity index (χ1v) is 6.91. The Morgan fingerprint density at radius 3 is 2.48 bits per heavy atom. The van der Waals surface area contributed by atoms with Crippen LogP contribution in [0.15, 0.2) is 40.8 Å². The van der Waals surface area contributed by atoms with Gasteiger partial charge in [-0.15, -0.1) is 0 Å². The van der Waals surface area contributed by atoms with E-state index in [2.05, 4.69) is 5.32 Å². The van der Waals surface area contributed by atoms with Crippen LogP contribution in [-0.4, -0.2) is 17.5 Å². The van der Waals surface area contributed by atoms with Crippen LogP contribution in [-0.2, 0) is 13.1 Å². The Hall–Kier alpha value is -2.30. The minimum Gasteiger partial charge on any atom is -0.464 e. The van der Waals surface area contributed by atoms with Crippen molar-refractivity contribution in [1.82, 2.24) is 10.2 Å². The molecule has 112 valence electrons. The maximum absolute atomic E-state index is 12.9. The summed E-state index contributed by atoms with van der Waals surface area (Å²) < 4.78 is 18.5. The van der Waals surface area contributed by atoms with E-state index < -0.39 is 0 Å². The fourth-order valence-corrected chi connectivity index (χ4v) is 2.03. The van der Waals surface area contributed by atoms with Crippen LogP contribution in [0.4, 0.5) is 9.18 Å². The molecule has 1 N–H and O–H groups in total. The zero-order valence-corrected chi connectivity index (χ0v) is 12.2. The number of hydrogen-bond acceptors (Lipinski definition) is 2. The van der Waals surface area contributed by atoms with Gasteiger partial charge < -0.3 is 14.6 Å². The van der Waals surface area contributed by atoms with Crippen LogP contribution in [0.5, 0.6) is 0 Å². The molecule has 1 aromatic carbocycles. The molecule has 0 aliphatic rings. The predicted molar refractivity (Wildman–Crippen MR) is 78.2 cm³/mol. The highest BCUT2D eigenvalue weighted by molar-refractivity contribution is 5.74. The number of carbonyl (C=O) groups excluding carboxylic acids is 1. The number of benzene rings is 1. The molecule has 0 atom stereocenters. The van der Waals surface area contributed by atoms with Crippen LogP contribution in [0.25, 0.3) is 0 Å². The topological polar surface area (TPSA) is 45.5 Å². The number of amides is 2. The standard InChI is InChI=1S/C16H19FN2O2/c1-3-18-16(20)19(11-15-9-4-12(2)21-15)10-13-5-7-14(17)8-6-13/h4-9H,3,10-11H2,1-2H3,(H,18,20). The molecule has 5 heteroatoms. The average Bonchev–Trinajstić information content (AvgIpc) is 2.86. The Labute approximate surface area is 123 Å². The van der Waals surface area contributed by atoms with Crippen LogP contribution in [0.2, 0.25) is 0 Å². The molecule has 0 fully saturated rings. The zero-order chi connectivity index (χ0) is 15.2. The third kappa shape index (κ3) is 4.34. The van der Waals surface area contributed by atoms with Crippen LogP contribution in [0.1, 0.15) is 24.0 Å². The lowest BCUT2D eigenvalue weighted by Gasteiger charge is -2.22. The second-order valence-electron chi connectivity index (χ2n) is 4.83. The molecule has 0 bridgehead atoms. The Kier molecular flexibility index (Phi) is 4.98. The monoisotopic (exact) mass is 290 g/mol. The molecular formula is C16H19FN2O2. The summed E-state index contributed by atoms with van der Waals surface area (Å²) in [5.41, 5.74) is 0.867. The maximum atomic E-state index is 12.9. The van der Waals surface area contributed by atoms with E-state index in [1.165, 1.54) is 12.1 Å². The molecule has 2 amide bonds. The van der Waals surface area contributed by atoms with Gasteiger partial charge in [0.05, 0.1) is 6.54 Å². The summed E-state index contributed by atoms with van der Waals surface area (Å²) in [6.07, 6.45) is 0. The normalized spacial score (nSPS) is 10.4. The molecule has 0 unspecified atom stereocenters. The second-order valence-corrected chi connectivity index (χ2v) is 4.83. The summed E-state index contributed by atoms with van der Waals surface area (Å²) in [6, 6.07) is 9.68. The van der Waals surface area contributed by atoms with Crippen molar-refractivity contribution in [3.05, 3.63) is 59.3 Å². The van der Waals surface area contributed by atoms with Gasteiger partial charge in [-0.2, -0.15) is 0 Å². The van der Waals surface area contributed by atoms with E-state index in [1.54, 1.807) is 17.0 Å². The number of halogens is 1. The summed E-state index contributed by atoms with van der Waals surface area (Å²) in [4.78, 5) is 13.8. The predicted octanol–water partition coefficient (Wildman–Crippen LogP) is 3.46. The molecule has 2 rings (SSSR count). The van der Waals surface area contributed by atoms with E-state index in [4.69, 9.17) is 4.42 Å². The Bertz CT molecular complexity index is 593. The number of rotatable bonds is 5. The summed E-state index contributed by atoms with van der Waals surface area (Å²) in [6.45, 7) is 5.05. The molecular weight excluding hydrogens is 271 g/mol. The molecule has 0 aliphatic heterocycles. The van der Waals surface area contributed by atoms with E-state index in [9.17, 15) is 9.18 Å². The van der Waals surface area contributed by atoms with Gasteiger partial charge in [0.15, 0.2) is 0 Å². The lowest BCUT2D eigenvalue weighted by Crippen LogP contribution is -2.38. The van der Waals surface area contributed by atoms with Crippen molar-refractivity contribution in [2.45, 2.75) is 26.9 Å². The summed E-state index contributed by atoms with van der Waals surface area (Å²) in [5, 5.41) is 2.78. The number of carbonyl (C=O) groups is 1. The van der Waals surface area contributed by atoms with Crippen LogP contribution in [0, 0.1) is 12.7 Å². The molecule has 21 heavy (non-hydrogen) atoms. The number of nitrogens with zero attached hydrogens (tertiary/aromatic N) is 1. The largest absolute Gasteiger partial charge is 0.464 e. The van der Waals surface area contributed by atoms with E-state index in [-0.39, 0.29) is 11.8 Å². The molecule has 1 aromatic heterocycles. The Morgan fingerprint density at radius 1 is 1.19 bits per heavy atom. The lowest BCUT2D eigenvalue weighted by molar-refractivity contribution is 0.187. The fraction of sp³-hybridized carbons (Fsp3) is 0.312. The Balaban J connectivity index is 2.11. The average molecular weight is 290 g/mol. The van der Waals surface area contributed by atoms with Crippen LogP contribution < -0.4 is 5.32 Å². The summed E-state index contributed by atoms with van der Waals surface area (Å²) in [5.74, 6) is 1.24. The van der Waals surface area contributed by atoms with Gasteiger partial charge in [0.2, 0.25) is 0 Å². The Morgan fingerprint density at radius 2 is 1.90 bits per heavy atom. The number of nitrogens with one attached hydrogen (secondary N) is 1. The van der Waals surface area contributed by atoms with E-state index in [0.717, 1.165) is 17.1 Å². The highest BCUT2D eigenvalue weighted by atomic mass is 19.1. The third-order valence-electron chi connectivity index (χ3n) is 3.04. The van der Waals surface area contributed by atoms with Crippen molar-refractivity contribution < 1.29 is 13.6 Å². The fourth-order valence-electron chi connectivity index (χ4n) is 2.03. The highest BCUT2D eigenvalue weighted by Crippen LogP contribution is 2.13. The van der Waals surface area contributed by atoms with Crippen molar-refractivity contribution in [3.8, 4) is 0 Å². The highest BCUT2D eigenvalue weighted by Gasteiger charge is 2.15. The molecule has 0 radical (unpaired) electrons. The van der Waals surface area contributed by atoms with Crippen molar-refractivity contribution in [3.63, 3.8) is 0 Å².